The molecule has 0 N–H and O–H groups in total. The van der Waals surface area contributed by atoms with Crippen LogP contribution >= 0.6 is 0 Å². The summed E-state index contributed by atoms with van der Waals surface area (Å²) in [6, 6.07) is 55.3. The lowest BCUT2D eigenvalue weighted by atomic mass is 9.83. The number of hydrogen-bond donors (Lipinski definition) is 0. The highest BCUT2D eigenvalue weighted by molar-refractivity contribution is 6.23. The van der Waals surface area contributed by atoms with E-state index in [0.29, 0.717) is 11.8 Å². The standard InChI is InChI=1S/C44H37N3/c1-30-25-26-33(31-15-5-2-6-16-31)29-41(45-42(30)32-17-7-3-8-18-32)47-40-24-14-12-22-36(40)38-28-27-37-35-21-11-13-23-39(35)46(43(37)44(38)47)34-19-9-4-10-20-34/h2-24,27-28,30,33,41H,25-26,29H2,1H3. The summed E-state index contributed by atoms with van der Waals surface area (Å²) >= 11 is 0. The van der Waals surface area contributed by atoms with Crippen molar-refractivity contribution < 1.29 is 0 Å². The van der Waals surface area contributed by atoms with Gasteiger partial charge in [0.15, 0.2) is 0 Å². The third-order valence-electron chi connectivity index (χ3n) is 10.4. The Morgan fingerprint density at radius 1 is 0.532 bits per heavy atom. The van der Waals surface area contributed by atoms with E-state index in [1.165, 1.54) is 66.1 Å². The molecule has 2 aromatic heterocycles. The molecule has 0 fully saturated rings. The van der Waals surface area contributed by atoms with E-state index < -0.39 is 0 Å². The summed E-state index contributed by atoms with van der Waals surface area (Å²) in [4.78, 5) is 5.84. The highest BCUT2D eigenvalue weighted by Crippen LogP contribution is 2.45. The maximum atomic E-state index is 5.84. The van der Waals surface area contributed by atoms with E-state index in [1.807, 2.05) is 0 Å². The van der Waals surface area contributed by atoms with Gasteiger partial charge in [0, 0.05) is 32.9 Å². The Bertz CT molecular complexity index is 2400. The summed E-state index contributed by atoms with van der Waals surface area (Å²) in [5.74, 6) is 0.746. The van der Waals surface area contributed by atoms with Crippen LogP contribution in [0.15, 0.2) is 157 Å². The smallest absolute Gasteiger partial charge is 0.126 e. The second-order valence-electron chi connectivity index (χ2n) is 13.1. The second-order valence-corrected chi connectivity index (χ2v) is 13.1. The van der Waals surface area contributed by atoms with Crippen molar-refractivity contribution in [3.05, 3.63) is 163 Å². The van der Waals surface area contributed by atoms with Crippen molar-refractivity contribution in [3.8, 4) is 5.69 Å². The maximum Gasteiger partial charge on any atom is 0.126 e. The first kappa shape index (κ1) is 27.9. The van der Waals surface area contributed by atoms with E-state index in [0.717, 1.165) is 19.3 Å². The molecule has 228 valence electrons. The molecule has 0 bridgehead atoms. The van der Waals surface area contributed by atoms with Gasteiger partial charge in [-0.15, -0.1) is 0 Å². The van der Waals surface area contributed by atoms with Gasteiger partial charge in [-0.2, -0.15) is 0 Å². The van der Waals surface area contributed by atoms with Gasteiger partial charge in [0.2, 0.25) is 0 Å². The predicted molar refractivity (Wildman–Crippen MR) is 198 cm³/mol. The van der Waals surface area contributed by atoms with Gasteiger partial charge in [0.1, 0.15) is 6.17 Å². The van der Waals surface area contributed by atoms with Crippen LogP contribution in [-0.2, 0) is 0 Å². The Kier molecular flexibility index (Phi) is 6.78. The molecule has 6 aromatic carbocycles. The fourth-order valence-corrected chi connectivity index (χ4v) is 8.15. The van der Waals surface area contributed by atoms with Crippen LogP contribution in [0.4, 0.5) is 0 Å². The number of nitrogens with zero attached hydrogens (tertiary/aromatic N) is 3. The molecule has 3 atom stereocenters. The summed E-state index contributed by atoms with van der Waals surface area (Å²) < 4.78 is 5.08. The SMILES string of the molecule is CC1CCC(c2ccccc2)CC(n2c3ccccc3c3ccc4c5ccccc5n(-c5ccccc5)c4c32)N=C1c1ccccc1. The summed E-state index contributed by atoms with van der Waals surface area (Å²) in [6.07, 6.45) is 3.08. The first-order chi connectivity index (χ1) is 23.3. The van der Waals surface area contributed by atoms with Crippen LogP contribution in [0.3, 0.4) is 0 Å². The van der Waals surface area contributed by atoms with Crippen molar-refractivity contribution in [1.82, 2.24) is 9.13 Å². The van der Waals surface area contributed by atoms with Gasteiger partial charge in [-0.1, -0.05) is 134 Å². The summed E-state index contributed by atoms with van der Waals surface area (Å²) in [6.45, 7) is 2.37. The molecule has 8 aromatic rings. The number of fused-ring (bicyclic) bond motifs is 7. The van der Waals surface area contributed by atoms with E-state index in [1.54, 1.807) is 0 Å². The lowest BCUT2D eigenvalue weighted by Crippen LogP contribution is -2.22. The third kappa shape index (κ3) is 4.60. The zero-order chi connectivity index (χ0) is 31.3. The van der Waals surface area contributed by atoms with Crippen molar-refractivity contribution in [2.75, 3.05) is 0 Å². The summed E-state index contributed by atoms with van der Waals surface area (Å²) in [5, 5.41) is 5.09. The van der Waals surface area contributed by atoms with E-state index in [-0.39, 0.29) is 6.17 Å². The van der Waals surface area contributed by atoms with Crippen LogP contribution < -0.4 is 0 Å². The van der Waals surface area contributed by atoms with Crippen molar-refractivity contribution in [1.29, 1.82) is 0 Å². The number of aromatic nitrogens is 2. The third-order valence-corrected chi connectivity index (χ3v) is 10.4. The van der Waals surface area contributed by atoms with Crippen molar-refractivity contribution >= 4 is 49.3 Å². The van der Waals surface area contributed by atoms with E-state index in [4.69, 9.17) is 4.99 Å². The van der Waals surface area contributed by atoms with Gasteiger partial charge in [-0.3, -0.25) is 4.99 Å². The molecule has 9 rings (SSSR count). The molecule has 1 aliphatic rings. The van der Waals surface area contributed by atoms with Gasteiger partial charge in [0.05, 0.1) is 22.1 Å². The van der Waals surface area contributed by atoms with Gasteiger partial charge >= 0.3 is 0 Å². The molecule has 0 saturated carbocycles. The molecule has 0 amide bonds. The highest BCUT2D eigenvalue weighted by Gasteiger charge is 2.29. The molecule has 3 unspecified atom stereocenters. The molecule has 0 radical (unpaired) electrons. The first-order valence-electron chi connectivity index (χ1n) is 16.9. The highest BCUT2D eigenvalue weighted by atomic mass is 15.2. The first-order valence-corrected chi connectivity index (χ1v) is 16.9. The van der Waals surface area contributed by atoms with Crippen molar-refractivity contribution in [2.45, 2.75) is 38.3 Å². The molecule has 3 heterocycles. The average Bonchev–Trinajstić information content (AvgIpc) is 3.65. The minimum absolute atomic E-state index is 0.0894. The predicted octanol–water partition coefficient (Wildman–Crippen LogP) is 11.5. The second kappa shape index (κ2) is 11.4. The normalized spacial score (nSPS) is 18.8. The molecular weight excluding hydrogens is 571 g/mol. The van der Waals surface area contributed by atoms with Gasteiger partial charge in [-0.05, 0) is 66.5 Å². The molecule has 1 aliphatic heterocycles. The molecule has 3 nitrogen and oxygen atoms in total. The van der Waals surface area contributed by atoms with Crippen LogP contribution in [0.5, 0.6) is 0 Å². The zero-order valence-corrected chi connectivity index (χ0v) is 26.6. The fourth-order valence-electron chi connectivity index (χ4n) is 8.15. The minimum Gasteiger partial charge on any atom is -0.316 e. The summed E-state index contributed by atoms with van der Waals surface area (Å²) in [7, 11) is 0. The van der Waals surface area contributed by atoms with Gasteiger partial charge in [-0.25, -0.2) is 0 Å². The fraction of sp³-hybridized carbons (Fsp3) is 0.159. The monoisotopic (exact) mass is 607 g/mol. The maximum absolute atomic E-state index is 5.84. The van der Waals surface area contributed by atoms with E-state index in [2.05, 4.69) is 168 Å². The summed E-state index contributed by atoms with van der Waals surface area (Å²) in [5.41, 5.74) is 9.98. The topological polar surface area (TPSA) is 22.2 Å². The molecular formula is C44H37N3. The Morgan fingerprint density at radius 3 is 1.83 bits per heavy atom. The van der Waals surface area contributed by atoms with Crippen LogP contribution in [-0.4, -0.2) is 14.8 Å². The van der Waals surface area contributed by atoms with Crippen molar-refractivity contribution in [2.24, 2.45) is 10.9 Å². The molecule has 0 spiro atoms. The Hall–Kier alpha value is -5.41. The molecule has 47 heavy (non-hydrogen) atoms. The van der Waals surface area contributed by atoms with Crippen LogP contribution in [0.2, 0.25) is 0 Å². The quantitative estimate of drug-likeness (QED) is 0.190. The number of aliphatic imine (C=N–C) groups is 1. The van der Waals surface area contributed by atoms with Gasteiger partial charge < -0.3 is 9.13 Å². The van der Waals surface area contributed by atoms with Crippen LogP contribution in [0.1, 0.15) is 49.4 Å². The van der Waals surface area contributed by atoms with E-state index >= 15 is 0 Å². The number of para-hydroxylation sites is 3. The van der Waals surface area contributed by atoms with Gasteiger partial charge in [0.25, 0.3) is 0 Å². The van der Waals surface area contributed by atoms with Crippen LogP contribution in [0.25, 0.3) is 49.3 Å². The Labute approximate surface area is 275 Å². The Morgan fingerprint density at radius 2 is 1.11 bits per heavy atom. The Balaban J connectivity index is 1.41. The lowest BCUT2D eigenvalue weighted by molar-refractivity contribution is 0.406. The molecule has 0 aliphatic carbocycles. The van der Waals surface area contributed by atoms with E-state index in [9.17, 15) is 0 Å². The minimum atomic E-state index is -0.0894. The number of hydrogen-bond acceptors (Lipinski definition) is 1. The van der Waals surface area contributed by atoms with Crippen molar-refractivity contribution in [3.63, 3.8) is 0 Å². The number of benzene rings is 6. The number of rotatable bonds is 4. The molecule has 3 heteroatoms. The lowest BCUT2D eigenvalue weighted by Gasteiger charge is -2.30. The largest absolute Gasteiger partial charge is 0.316 e. The average molecular weight is 608 g/mol. The van der Waals surface area contributed by atoms with Crippen LogP contribution in [0, 0.1) is 5.92 Å². The molecule has 0 saturated heterocycles. The zero-order valence-electron chi connectivity index (χ0n) is 26.6.